The van der Waals surface area contributed by atoms with Crippen molar-refractivity contribution in [3.05, 3.63) is 40.7 Å². The summed E-state index contributed by atoms with van der Waals surface area (Å²) in [5.41, 5.74) is 1.91. The van der Waals surface area contributed by atoms with Gasteiger partial charge < -0.3 is 19.7 Å². The lowest BCUT2D eigenvalue weighted by atomic mass is 9.95. The number of nitrogens with zero attached hydrogens (tertiary/aromatic N) is 4. The summed E-state index contributed by atoms with van der Waals surface area (Å²) in [4.78, 5) is 14.3. The number of benzene rings is 2. The zero-order valence-corrected chi connectivity index (χ0v) is 23.6. The van der Waals surface area contributed by atoms with E-state index < -0.39 is 12.0 Å². The molecule has 3 aromatic rings. The normalized spacial score (nSPS) is 27.9. The third kappa shape index (κ3) is 4.28. The molecular formula is C30H34ClF2N5O2. The van der Waals surface area contributed by atoms with Crippen molar-refractivity contribution in [3.63, 3.8) is 0 Å². The van der Waals surface area contributed by atoms with E-state index in [1.807, 2.05) is 13.0 Å². The van der Waals surface area contributed by atoms with E-state index in [2.05, 4.69) is 15.1 Å². The van der Waals surface area contributed by atoms with Crippen LogP contribution >= 0.6 is 11.6 Å². The van der Waals surface area contributed by atoms with Crippen molar-refractivity contribution < 1.29 is 18.3 Å². The number of aromatic nitrogens is 2. The van der Waals surface area contributed by atoms with Crippen LogP contribution in [-0.2, 0) is 0 Å². The molecular weight excluding hydrogens is 536 g/mol. The highest BCUT2D eigenvalue weighted by Gasteiger charge is 2.49. The van der Waals surface area contributed by atoms with Gasteiger partial charge in [-0.2, -0.15) is 9.97 Å². The van der Waals surface area contributed by atoms with Gasteiger partial charge in [0.05, 0.1) is 23.7 Å². The molecule has 2 unspecified atom stereocenters. The van der Waals surface area contributed by atoms with Gasteiger partial charge in [-0.15, -0.1) is 0 Å². The SMILES string of the molecule is COc1cccc(F)c1-c1c(Cl)cc2c(N3CC4CCC(C3)N4)nc(OC[C@@]34CCCN3C[C@H](F)C4)nc2c1C. The predicted molar refractivity (Wildman–Crippen MR) is 152 cm³/mol. The summed E-state index contributed by atoms with van der Waals surface area (Å²) in [7, 11) is 1.52. The highest BCUT2D eigenvalue weighted by atomic mass is 35.5. The highest BCUT2D eigenvalue weighted by molar-refractivity contribution is 6.35. The summed E-state index contributed by atoms with van der Waals surface area (Å²) in [6, 6.07) is 7.64. The van der Waals surface area contributed by atoms with Gasteiger partial charge >= 0.3 is 6.01 Å². The number of alkyl halides is 1. The molecule has 4 aliphatic heterocycles. The summed E-state index contributed by atoms with van der Waals surface area (Å²) in [5.74, 6) is 0.748. The second kappa shape index (κ2) is 9.96. The van der Waals surface area contributed by atoms with Crippen molar-refractivity contribution in [1.82, 2.24) is 20.2 Å². The van der Waals surface area contributed by atoms with Gasteiger partial charge in [0.2, 0.25) is 0 Å². The Morgan fingerprint density at radius 3 is 2.73 bits per heavy atom. The Kier molecular flexibility index (Phi) is 6.52. The van der Waals surface area contributed by atoms with Crippen molar-refractivity contribution in [1.29, 1.82) is 0 Å². The van der Waals surface area contributed by atoms with Gasteiger partial charge in [-0.05, 0) is 62.9 Å². The van der Waals surface area contributed by atoms with Gasteiger partial charge in [-0.3, -0.25) is 4.90 Å². The molecule has 1 aromatic heterocycles. The predicted octanol–water partition coefficient (Wildman–Crippen LogP) is 5.30. The molecule has 0 radical (unpaired) electrons. The second-order valence-electron chi connectivity index (χ2n) is 11.8. The minimum atomic E-state index is -0.837. The molecule has 7 rings (SSSR count). The van der Waals surface area contributed by atoms with Gasteiger partial charge in [0.1, 0.15) is 30.2 Å². The van der Waals surface area contributed by atoms with Crippen LogP contribution in [0.3, 0.4) is 0 Å². The first-order valence-electron chi connectivity index (χ1n) is 14.2. The molecule has 4 saturated heterocycles. The average Bonchev–Trinajstić information content (AvgIpc) is 3.58. The van der Waals surface area contributed by atoms with Crippen molar-refractivity contribution in [2.24, 2.45) is 0 Å². The van der Waals surface area contributed by atoms with E-state index in [4.69, 9.17) is 31.0 Å². The number of hydrogen-bond acceptors (Lipinski definition) is 7. The zero-order chi connectivity index (χ0) is 27.6. The van der Waals surface area contributed by atoms with Crippen molar-refractivity contribution in [2.45, 2.75) is 62.8 Å². The fourth-order valence-electron chi connectivity index (χ4n) is 7.50. The molecule has 212 valence electrons. The third-order valence-electron chi connectivity index (χ3n) is 9.34. The zero-order valence-electron chi connectivity index (χ0n) is 22.9. The largest absolute Gasteiger partial charge is 0.496 e. The first-order chi connectivity index (χ1) is 19.3. The molecule has 0 spiro atoms. The molecule has 2 aromatic carbocycles. The second-order valence-corrected chi connectivity index (χ2v) is 12.2. The smallest absolute Gasteiger partial charge is 0.319 e. The molecule has 2 bridgehead atoms. The Morgan fingerprint density at radius 1 is 1.15 bits per heavy atom. The molecule has 0 aliphatic carbocycles. The number of anilines is 1. The Balaban J connectivity index is 1.35. The van der Waals surface area contributed by atoms with Crippen LogP contribution in [0, 0.1) is 12.7 Å². The van der Waals surface area contributed by atoms with E-state index in [0.29, 0.717) is 59.1 Å². The molecule has 0 amide bonds. The third-order valence-corrected chi connectivity index (χ3v) is 9.64. The van der Waals surface area contributed by atoms with Crippen LogP contribution in [0.25, 0.3) is 22.0 Å². The van der Waals surface area contributed by atoms with Crippen LogP contribution in [0.4, 0.5) is 14.6 Å². The van der Waals surface area contributed by atoms with Gasteiger partial charge in [0.15, 0.2) is 0 Å². The lowest BCUT2D eigenvalue weighted by Crippen LogP contribution is -2.51. The summed E-state index contributed by atoms with van der Waals surface area (Å²) >= 11 is 6.90. The van der Waals surface area contributed by atoms with Gasteiger partial charge in [0, 0.05) is 54.1 Å². The number of halogens is 3. The van der Waals surface area contributed by atoms with Crippen LogP contribution < -0.4 is 19.7 Å². The Bertz CT molecular complexity index is 1460. The van der Waals surface area contributed by atoms with Crippen LogP contribution in [0.2, 0.25) is 5.02 Å². The molecule has 4 aliphatic rings. The fourth-order valence-corrected chi connectivity index (χ4v) is 7.85. The van der Waals surface area contributed by atoms with Crippen LogP contribution in [0.15, 0.2) is 24.3 Å². The van der Waals surface area contributed by atoms with Gasteiger partial charge in [0.25, 0.3) is 0 Å². The molecule has 7 nitrogen and oxygen atoms in total. The van der Waals surface area contributed by atoms with Crippen molar-refractivity contribution >= 4 is 28.3 Å². The van der Waals surface area contributed by atoms with Crippen LogP contribution in [-0.4, -0.2) is 78.6 Å². The van der Waals surface area contributed by atoms with E-state index in [0.717, 1.165) is 62.1 Å². The maximum atomic E-state index is 15.2. The monoisotopic (exact) mass is 569 g/mol. The number of rotatable bonds is 6. The van der Waals surface area contributed by atoms with E-state index in [1.165, 1.54) is 13.2 Å². The number of nitrogens with one attached hydrogen (secondary N) is 1. The number of aryl methyl sites for hydroxylation is 1. The summed E-state index contributed by atoms with van der Waals surface area (Å²) in [6.45, 7) is 5.24. The van der Waals surface area contributed by atoms with Gasteiger partial charge in [-0.25, -0.2) is 8.78 Å². The molecule has 5 heterocycles. The molecule has 40 heavy (non-hydrogen) atoms. The minimum Gasteiger partial charge on any atom is -0.496 e. The van der Waals surface area contributed by atoms with Crippen LogP contribution in [0.5, 0.6) is 11.8 Å². The van der Waals surface area contributed by atoms with E-state index >= 15 is 4.39 Å². The molecule has 0 saturated carbocycles. The van der Waals surface area contributed by atoms with Crippen molar-refractivity contribution in [3.8, 4) is 22.9 Å². The minimum absolute atomic E-state index is 0.258. The number of methoxy groups -OCH3 is 1. The fraction of sp³-hybridized carbons (Fsp3) is 0.533. The van der Waals surface area contributed by atoms with Crippen molar-refractivity contribution in [2.75, 3.05) is 44.8 Å². The quantitative estimate of drug-likeness (QED) is 0.432. The first-order valence-corrected chi connectivity index (χ1v) is 14.6. The topological polar surface area (TPSA) is 62.8 Å². The van der Waals surface area contributed by atoms with Gasteiger partial charge in [-0.1, -0.05) is 17.7 Å². The molecule has 1 N–H and O–H groups in total. The lowest BCUT2D eigenvalue weighted by Gasteiger charge is -2.35. The summed E-state index contributed by atoms with van der Waals surface area (Å²) in [6.07, 6.45) is 3.84. The van der Waals surface area contributed by atoms with Crippen LogP contribution in [0.1, 0.15) is 37.7 Å². The van der Waals surface area contributed by atoms with E-state index in [-0.39, 0.29) is 11.5 Å². The summed E-state index contributed by atoms with van der Waals surface area (Å²) in [5, 5.41) is 4.89. The maximum absolute atomic E-state index is 15.2. The standard InChI is InChI=1S/C30H34ClF2N5O2/c1-17-25(26-23(33)5-3-6-24(26)39-2)22(31)11-21-27(17)35-29(36-28(21)37-14-19-7-8-20(15-37)34-19)40-16-30-9-4-10-38(30)13-18(32)12-30/h3,5-6,11,18-20,34H,4,7-10,12-16H2,1-2H3/t18-,19?,20?,30+/m1/s1. The van der Waals surface area contributed by atoms with E-state index in [9.17, 15) is 4.39 Å². The molecule has 4 atom stereocenters. The average molecular weight is 570 g/mol. The number of piperazine rings is 1. The number of hydrogen-bond donors (Lipinski definition) is 1. The molecule has 4 fully saturated rings. The Labute approximate surface area is 237 Å². The molecule has 10 heteroatoms. The highest BCUT2D eigenvalue weighted by Crippen LogP contribution is 2.44. The summed E-state index contributed by atoms with van der Waals surface area (Å²) < 4.78 is 41.5. The Morgan fingerprint density at radius 2 is 1.95 bits per heavy atom. The lowest BCUT2D eigenvalue weighted by molar-refractivity contribution is 0.107. The Hall–Kier alpha value is -2.75. The number of fused-ring (bicyclic) bond motifs is 4. The number of ether oxygens (including phenoxy) is 2. The van der Waals surface area contributed by atoms with E-state index in [1.54, 1.807) is 12.1 Å². The maximum Gasteiger partial charge on any atom is 0.319 e. The first kappa shape index (κ1) is 26.2.